The van der Waals surface area contributed by atoms with E-state index in [9.17, 15) is 19.5 Å². The first-order valence-corrected chi connectivity index (χ1v) is 11.1. The Labute approximate surface area is 200 Å². The number of nitrogens with zero attached hydrogens (tertiary/aromatic N) is 4. The third kappa shape index (κ3) is 4.21. The largest absolute Gasteiger partial charge is 0.478 e. The number of hydrogen-bond acceptors (Lipinski definition) is 6. The summed E-state index contributed by atoms with van der Waals surface area (Å²) < 4.78 is 1.39. The van der Waals surface area contributed by atoms with E-state index in [1.807, 2.05) is 6.07 Å². The van der Waals surface area contributed by atoms with E-state index in [0.29, 0.717) is 18.5 Å². The zero-order valence-corrected chi connectivity index (χ0v) is 18.9. The second kappa shape index (κ2) is 8.98. The van der Waals surface area contributed by atoms with Gasteiger partial charge in [-0.05, 0) is 54.2 Å². The lowest BCUT2D eigenvalue weighted by Crippen LogP contribution is -2.30. The third-order valence-corrected chi connectivity index (χ3v) is 6.23. The minimum atomic E-state index is -0.968. The number of carboxylic acid groups (broad SMARTS) is 1. The van der Waals surface area contributed by atoms with Crippen molar-refractivity contribution in [2.24, 2.45) is 0 Å². The molecule has 0 radical (unpaired) electrons. The van der Waals surface area contributed by atoms with Gasteiger partial charge < -0.3 is 15.7 Å². The van der Waals surface area contributed by atoms with Gasteiger partial charge in [-0.3, -0.25) is 14.6 Å². The molecule has 1 aliphatic rings. The summed E-state index contributed by atoms with van der Waals surface area (Å²) in [5.41, 5.74) is 4.33. The van der Waals surface area contributed by atoms with E-state index >= 15 is 0 Å². The summed E-state index contributed by atoms with van der Waals surface area (Å²) in [6.45, 7) is 2.07. The van der Waals surface area contributed by atoms with Gasteiger partial charge in [0.2, 0.25) is 0 Å². The van der Waals surface area contributed by atoms with Crippen molar-refractivity contribution in [2.75, 3.05) is 0 Å². The van der Waals surface area contributed by atoms with Crippen molar-refractivity contribution in [1.29, 1.82) is 0 Å². The van der Waals surface area contributed by atoms with Crippen LogP contribution in [-0.2, 0) is 13.0 Å². The summed E-state index contributed by atoms with van der Waals surface area (Å²) in [5.74, 6) is -1.79. The molecule has 1 aliphatic carbocycles. The maximum Gasteiger partial charge on any atom is 0.335 e. The highest BCUT2D eigenvalue weighted by Gasteiger charge is 2.28. The first-order chi connectivity index (χ1) is 16.9. The Morgan fingerprint density at radius 2 is 2.00 bits per heavy atom. The number of carbonyl (C=O) groups is 3. The number of amides is 2. The van der Waals surface area contributed by atoms with Crippen LogP contribution in [0.1, 0.15) is 66.1 Å². The van der Waals surface area contributed by atoms with Crippen LogP contribution in [0, 0.1) is 6.92 Å². The van der Waals surface area contributed by atoms with E-state index in [1.54, 1.807) is 43.6 Å². The van der Waals surface area contributed by atoms with Gasteiger partial charge in [0.1, 0.15) is 11.4 Å². The molecule has 176 valence electrons. The number of fused-ring (bicyclic) bond motifs is 2. The molecule has 10 nitrogen and oxygen atoms in total. The topological polar surface area (TPSA) is 139 Å². The van der Waals surface area contributed by atoms with Crippen molar-refractivity contribution < 1.29 is 19.5 Å². The van der Waals surface area contributed by atoms with Gasteiger partial charge in [-0.2, -0.15) is 5.10 Å². The fraction of sp³-hybridized carbons (Fsp3) is 0.200. The molecular weight excluding hydrogens is 448 g/mol. The van der Waals surface area contributed by atoms with Gasteiger partial charge in [-0.15, -0.1) is 0 Å². The SMILES string of the molecule is Cc1c(C(=O)O)ccc2c1CC[C@@H]2NC(=O)c1cc(C(=O)NCc2cccnc2)nc2ccnn12. The summed E-state index contributed by atoms with van der Waals surface area (Å²) in [4.78, 5) is 45.9. The second-order valence-corrected chi connectivity index (χ2v) is 8.35. The molecule has 0 unspecified atom stereocenters. The maximum absolute atomic E-state index is 13.3. The maximum atomic E-state index is 13.3. The standard InChI is InChI=1S/C25H22N6O4/c1-14-16-6-7-19(18(16)5-4-17(14)25(34)35)30-24(33)21-11-20(29-22-8-10-28-31(21)22)23(32)27-13-15-3-2-9-26-12-15/h2-5,8-12,19H,6-7,13H2,1H3,(H,27,32)(H,30,33)(H,34,35)/t19-/m0/s1. The first-order valence-electron chi connectivity index (χ1n) is 11.1. The van der Waals surface area contributed by atoms with E-state index in [2.05, 4.69) is 25.7 Å². The number of carbonyl (C=O) groups excluding carboxylic acids is 2. The highest BCUT2D eigenvalue weighted by molar-refractivity contribution is 5.98. The molecule has 3 heterocycles. The average Bonchev–Trinajstić information content (AvgIpc) is 3.50. The lowest BCUT2D eigenvalue weighted by Gasteiger charge is -2.16. The Kier molecular flexibility index (Phi) is 5.69. The van der Waals surface area contributed by atoms with Gasteiger partial charge in [0.15, 0.2) is 5.65 Å². The number of pyridine rings is 1. The Balaban J connectivity index is 1.39. The molecule has 3 N–H and O–H groups in total. The van der Waals surface area contributed by atoms with Crippen LogP contribution >= 0.6 is 0 Å². The smallest absolute Gasteiger partial charge is 0.335 e. The Morgan fingerprint density at radius 1 is 1.14 bits per heavy atom. The van der Waals surface area contributed by atoms with Crippen LogP contribution in [0.25, 0.3) is 5.65 Å². The fourth-order valence-corrected chi connectivity index (χ4v) is 4.46. The molecule has 5 rings (SSSR count). The molecule has 0 aliphatic heterocycles. The summed E-state index contributed by atoms with van der Waals surface area (Å²) in [6, 6.07) is 9.73. The molecule has 2 amide bonds. The van der Waals surface area contributed by atoms with E-state index in [0.717, 1.165) is 22.3 Å². The number of aromatic nitrogens is 4. The van der Waals surface area contributed by atoms with Gasteiger partial charge in [0.05, 0.1) is 17.8 Å². The highest BCUT2D eigenvalue weighted by Crippen LogP contribution is 2.34. The lowest BCUT2D eigenvalue weighted by atomic mass is 9.98. The van der Waals surface area contributed by atoms with Gasteiger partial charge in [0, 0.05) is 31.1 Å². The van der Waals surface area contributed by atoms with Gasteiger partial charge in [-0.25, -0.2) is 14.3 Å². The monoisotopic (exact) mass is 470 g/mol. The molecule has 0 bridgehead atoms. The number of hydrogen-bond donors (Lipinski definition) is 3. The molecule has 0 saturated heterocycles. The van der Waals surface area contributed by atoms with Crippen LogP contribution in [0.15, 0.2) is 55.0 Å². The summed E-state index contributed by atoms with van der Waals surface area (Å²) in [6.07, 6.45) is 6.14. The molecule has 35 heavy (non-hydrogen) atoms. The Bertz CT molecular complexity index is 1460. The molecule has 3 aromatic heterocycles. The van der Waals surface area contributed by atoms with Crippen molar-refractivity contribution in [3.8, 4) is 0 Å². The minimum Gasteiger partial charge on any atom is -0.478 e. The van der Waals surface area contributed by atoms with Crippen LogP contribution in [-0.4, -0.2) is 42.5 Å². The van der Waals surface area contributed by atoms with Crippen molar-refractivity contribution >= 4 is 23.4 Å². The zero-order chi connectivity index (χ0) is 24.5. The molecule has 10 heteroatoms. The van der Waals surface area contributed by atoms with Crippen LogP contribution in [0.2, 0.25) is 0 Å². The van der Waals surface area contributed by atoms with E-state index in [-0.39, 0.29) is 29.5 Å². The van der Waals surface area contributed by atoms with Crippen LogP contribution in [0.4, 0.5) is 0 Å². The van der Waals surface area contributed by atoms with Gasteiger partial charge in [-0.1, -0.05) is 12.1 Å². The molecule has 1 aromatic carbocycles. The Morgan fingerprint density at radius 3 is 2.77 bits per heavy atom. The quantitative estimate of drug-likeness (QED) is 0.393. The fourth-order valence-electron chi connectivity index (χ4n) is 4.46. The number of carboxylic acids is 1. The molecule has 0 spiro atoms. The normalized spacial score (nSPS) is 14.5. The van der Waals surface area contributed by atoms with Crippen molar-refractivity contribution in [1.82, 2.24) is 30.2 Å². The summed E-state index contributed by atoms with van der Waals surface area (Å²) >= 11 is 0. The number of benzene rings is 1. The number of rotatable bonds is 6. The van der Waals surface area contributed by atoms with Crippen molar-refractivity contribution in [3.05, 3.63) is 94.2 Å². The zero-order valence-electron chi connectivity index (χ0n) is 18.9. The van der Waals surface area contributed by atoms with E-state index in [1.165, 1.54) is 16.8 Å². The van der Waals surface area contributed by atoms with Crippen LogP contribution < -0.4 is 10.6 Å². The van der Waals surface area contributed by atoms with Crippen LogP contribution in [0.3, 0.4) is 0 Å². The van der Waals surface area contributed by atoms with Gasteiger partial charge in [0.25, 0.3) is 11.8 Å². The van der Waals surface area contributed by atoms with Crippen molar-refractivity contribution in [2.45, 2.75) is 32.4 Å². The predicted molar refractivity (Wildman–Crippen MR) is 125 cm³/mol. The number of nitrogens with one attached hydrogen (secondary N) is 2. The highest BCUT2D eigenvalue weighted by atomic mass is 16.4. The molecule has 0 saturated carbocycles. The predicted octanol–water partition coefficient (Wildman–Crippen LogP) is 2.48. The summed E-state index contributed by atoms with van der Waals surface area (Å²) in [5, 5.41) is 19.4. The molecule has 0 fully saturated rings. The number of aromatic carboxylic acids is 1. The lowest BCUT2D eigenvalue weighted by molar-refractivity contribution is 0.0695. The van der Waals surface area contributed by atoms with E-state index in [4.69, 9.17) is 0 Å². The van der Waals surface area contributed by atoms with Gasteiger partial charge >= 0.3 is 5.97 Å². The molecular formula is C25H22N6O4. The second-order valence-electron chi connectivity index (χ2n) is 8.35. The van der Waals surface area contributed by atoms with E-state index < -0.39 is 17.8 Å². The summed E-state index contributed by atoms with van der Waals surface area (Å²) in [7, 11) is 0. The first kappa shape index (κ1) is 22.2. The van der Waals surface area contributed by atoms with Crippen molar-refractivity contribution in [3.63, 3.8) is 0 Å². The minimum absolute atomic E-state index is 0.0980. The third-order valence-electron chi connectivity index (χ3n) is 6.23. The molecule has 4 aromatic rings. The average molecular weight is 470 g/mol. The molecule has 1 atom stereocenters. The van der Waals surface area contributed by atoms with Crippen LogP contribution in [0.5, 0.6) is 0 Å². The Hall–Kier alpha value is -4.60.